The van der Waals surface area contributed by atoms with Gasteiger partial charge in [-0.15, -0.1) is 5.10 Å². The molecular formula is C32H37BrClN5O5S. The summed E-state index contributed by atoms with van der Waals surface area (Å²) < 4.78 is 19.7. The molecule has 2 aliphatic rings. The van der Waals surface area contributed by atoms with Crippen LogP contribution >= 0.6 is 39.3 Å². The number of carbonyl (C=O) groups excluding carboxylic acids is 2. The standard InChI is InChI=1S/C32H37BrClN5O5S/c1-4-5-15-43-30(41)27-20(2)35-31-36-32(45-19-21-11-7-8-12-24(21)34)37-39(31)28(27)22-16-23(33)29(25(17-22)42-3)44-18-26(40)38-13-9-6-10-14-38/h7-8,11-12,16-17,28H,4-6,9-10,13-15,18-19H2,1-3H3,(H,35,36,37). The normalized spacial score (nSPS) is 16.2. The van der Waals surface area contributed by atoms with Crippen LogP contribution in [0.5, 0.6) is 11.5 Å². The number of ether oxygens (including phenoxy) is 3. The quantitative estimate of drug-likeness (QED) is 0.120. The van der Waals surface area contributed by atoms with Crippen molar-refractivity contribution >= 4 is 57.1 Å². The van der Waals surface area contributed by atoms with Crippen LogP contribution in [-0.2, 0) is 20.1 Å². The van der Waals surface area contributed by atoms with Crippen LogP contribution in [0.15, 0.2) is 57.3 Å². The zero-order valence-corrected chi connectivity index (χ0v) is 28.8. The lowest BCUT2D eigenvalue weighted by Gasteiger charge is -2.29. The van der Waals surface area contributed by atoms with E-state index >= 15 is 0 Å². The Morgan fingerprint density at radius 3 is 2.69 bits per heavy atom. The number of nitrogens with one attached hydrogen (secondary N) is 1. The second-order valence-corrected chi connectivity index (χ2v) is 13.1. The number of piperidine rings is 1. The maximum absolute atomic E-state index is 13.6. The number of thioether (sulfide) groups is 1. The highest BCUT2D eigenvalue weighted by Gasteiger charge is 2.36. The molecule has 13 heteroatoms. The minimum Gasteiger partial charge on any atom is -0.493 e. The zero-order valence-electron chi connectivity index (χ0n) is 25.6. The molecule has 1 aromatic heterocycles. The van der Waals surface area contributed by atoms with Gasteiger partial charge in [-0.05, 0) is 77.9 Å². The Bertz CT molecular complexity index is 1580. The van der Waals surface area contributed by atoms with E-state index in [4.69, 9.17) is 35.9 Å². The molecule has 0 spiro atoms. The molecule has 1 saturated heterocycles. The summed E-state index contributed by atoms with van der Waals surface area (Å²) in [4.78, 5) is 32.9. The van der Waals surface area contributed by atoms with E-state index in [2.05, 4.69) is 21.2 Å². The van der Waals surface area contributed by atoms with Gasteiger partial charge < -0.3 is 24.4 Å². The van der Waals surface area contributed by atoms with Gasteiger partial charge in [0.05, 0.1) is 23.8 Å². The molecule has 2 aromatic carbocycles. The summed E-state index contributed by atoms with van der Waals surface area (Å²) in [6.45, 7) is 5.57. The lowest BCUT2D eigenvalue weighted by molar-refractivity contribution is -0.139. The Labute approximate surface area is 281 Å². The van der Waals surface area contributed by atoms with Gasteiger partial charge in [-0.2, -0.15) is 4.98 Å². The highest BCUT2D eigenvalue weighted by molar-refractivity contribution is 9.10. The van der Waals surface area contributed by atoms with Crippen molar-refractivity contribution in [3.63, 3.8) is 0 Å². The highest BCUT2D eigenvalue weighted by Crippen LogP contribution is 2.43. The lowest BCUT2D eigenvalue weighted by Crippen LogP contribution is -2.38. The maximum atomic E-state index is 13.6. The zero-order chi connectivity index (χ0) is 31.9. The first-order valence-electron chi connectivity index (χ1n) is 15.1. The smallest absolute Gasteiger partial charge is 0.338 e. The van der Waals surface area contributed by atoms with Crippen molar-refractivity contribution in [1.29, 1.82) is 0 Å². The molecule has 240 valence electrons. The molecule has 1 fully saturated rings. The van der Waals surface area contributed by atoms with Crippen LogP contribution in [0.25, 0.3) is 0 Å². The molecule has 1 atom stereocenters. The second-order valence-electron chi connectivity index (χ2n) is 10.9. The highest BCUT2D eigenvalue weighted by atomic mass is 79.9. The largest absolute Gasteiger partial charge is 0.493 e. The van der Waals surface area contributed by atoms with Gasteiger partial charge in [-0.1, -0.05) is 54.9 Å². The predicted octanol–water partition coefficient (Wildman–Crippen LogP) is 7.02. The van der Waals surface area contributed by atoms with Crippen LogP contribution in [0.1, 0.15) is 63.1 Å². The number of amides is 1. The molecular weight excluding hydrogens is 682 g/mol. The summed E-state index contributed by atoms with van der Waals surface area (Å²) in [5.74, 6) is 1.39. The molecule has 1 amide bonds. The molecule has 2 aliphatic heterocycles. The Balaban J connectivity index is 1.46. The monoisotopic (exact) mass is 717 g/mol. The number of halogens is 2. The number of fused-ring (bicyclic) bond motifs is 1. The summed E-state index contributed by atoms with van der Waals surface area (Å²) in [5.41, 5.74) is 2.70. The van der Waals surface area contributed by atoms with Gasteiger partial charge in [0.15, 0.2) is 18.1 Å². The van der Waals surface area contributed by atoms with Crippen molar-refractivity contribution in [2.75, 3.05) is 38.7 Å². The molecule has 0 radical (unpaired) electrons. The van der Waals surface area contributed by atoms with Gasteiger partial charge in [0.25, 0.3) is 5.91 Å². The molecule has 0 aliphatic carbocycles. The third-order valence-corrected chi connectivity index (χ3v) is 9.56. The van der Waals surface area contributed by atoms with Gasteiger partial charge in [-0.3, -0.25) is 4.79 Å². The fourth-order valence-electron chi connectivity index (χ4n) is 5.32. The number of likely N-dealkylation sites (tertiary alicyclic amines) is 1. The number of carbonyl (C=O) groups is 2. The number of anilines is 1. The van der Waals surface area contributed by atoms with Crippen LogP contribution < -0.4 is 14.8 Å². The first-order valence-corrected chi connectivity index (χ1v) is 17.2. The first kappa shape index (κ1) is 33.2. The number of aromatic nitrogens is 3. The Morgan fingerprint density at radius 2 is 1.96 bits per heavy atom. The molecule has 3 heterocycles. The fourth-order valence-corrected chi connectivity index (χ4v) is 7.01. The van der Waals surface area contributed by atoms with Gasteiger partial charge in [-0.25, -0.2) is 9.48 Å². The van der Waals surface area contributed by atoms with Crippen molar-refractivity contribution in [1.82, 2.24) is 19.7 Å². The number of benzene rings is 2. The summed E-state index contributed by atoms with van der Waals surface area (Å²) in [6.07, 6.45) is 4.81. The van der Waals surface area contributed by atoms with Crippen molar-refractivity contribution < 1.29 is 23.8 Å². The summed E-state index contributed by atoms with van der Waals surface area (Å²) in [5, 5.41) is 9.27. The molecule has 45 heavy (non-hydrogen) atoms. The third-order valence-electron chi connectivity index (χ3n) is 7.71. The molecule has 5 rings (SSSR count). The van der Waals surface area contributed by atoms with Gasteiger partial charge in [0, 0.05) is 29.6 Å². The van der Waals surface area contributed by atoms with Crippen molar-refractivity contribution in [2.24, 2.45) is 0 Å². The van der Waals surface area contributed by atoms with Crippen molar-refractivity contribution in [3.8, 4) is 11.5 Å². The average Bonchev–Trinajstić information content (AvgIpc) is 3.45. The second kappa shape index (κ2) is 15.4. The summed E-state index contributed by atoms with van der Waals surface area (Å²) in [6, 6.07) is 10.6. The lowest BCUT2D eigenvalue weighted by atomic mass is 9.95. The minimum absolute atomic E-state index is 0.0594. The van der Waals surface area contributed by atoms with E-state index in [0.717, 1.165) is 50.8 Å². The van der Waals surface area contributed by atoms with Gasteiger partial charge >= 0.3 is 5.97 Å². The van der Waals surface area contributed by atoms with E-state index in [1.165, 1.54) is 11.8 Å². The van der Waals surface area contributed by atoms with Crippen LogP contribution in [0.2, 0.25) is 5.02 Å². The number of rotatable bonds is 12. The number of esters is 1. The number of hydrogen-bond acceptors (Lipinski definition) is 9. The SMILES string of the molecule is CCCCOC(=O)C1=C(C)Nc2nc(SCc3ccccc3Cl)nn2C1c1cc(Br)c(OCC(=O)N2CCCCC2)c(OC)c1. The van der Waals surface area contributed by atoms with E-state index < -0.39 is 12.0 Å². The van der Waals surface area contributed by atoms with Gasteiger partial charge in [0.1, 0.15) is 6.04 Å². The van der Waals surface area contributed by atoms with Crippen molar-refractivity contribution in [3.05, 3.63) is 68.3 Å². The molecule has 0 saturated carbocycles. The Morgan fingerprint density at radius 1 is 1.18 bits per heavy atom. The number of allylic oxidation sites excluding steroid dienone is 1. The first-order chi connectivity index (χ1) is 21.8. The maximum Gasteiger partial charge on any atom is 0.338 e. The van der Waals surface area contributed by atoms with Crippen LogP contribution in [0.4, 0.5) is 5.95 Å². The van der Waals surface area contributed by atoms with E-state index in [9.17, 15) is 9.59 Å². The number of unbranched alkanes of at least 4 members (excludes halogenated alkanes) is 1. The summed E-state index contributed by atoms with van der Waals surface area (Å²) in [7, 11) is 1.54. The topological polar surface area (TPSA) is 108 Å². The molecule has 1 N–H and O–H groups in total. The van der Waals surface area contributed by atoms with E-state index in [1.54, 1.807) is 17.9 Å². The van der Waals surface area contributed by atoms with Crippen LogP contribution in [0, 0.1) is 0 Å². The molecule has 3 aromatic rings. The van der Waals surface area contributed by atoms with E-state index in [0.29, 0.717) is 61.3 Å². The molecule has 10 nitrogen and oxygen atoms in total. The third kappa shape index (κ3) is 7.78. The van der Waals surface area contributed by atoms with Crippen molar-refractivity contribution in [2.45, 2.75) is 62.9 Å². The van der Waals surface area contributed by atoms with E-state index in [1.807, 2.05) is 49.1 Å². The van der Waals surface area contributed by atoms with Gasteiger partial charge in [0.2, 0.25) is 11.1 Å². The predicted molar refractivity (Wildman–Crippen MR) is 178 cm³/mol. The Hall–Kier alpha value is -3.22. The van der Waals surface area contributed by atoms with Crippen LogP contribution in [0.3, 0.4) is 0 Å². The number of nitrogens with zero attached hydrogens (tertiary/aromatic N) is 4. The average molecular weight is 719 g/mol. The molecule has 1 unspecified atom stereocenters. The Kier molecular flexibility index (Phi) is 11.3. The fraction of sp³-hybridized carbons (Fsp3) is 0.438. The summed E-state index contributed by atoms with van der Waals surface area (Å²) >= 11 is 11.5. The van der Waals surface area contributed by atoms with E-state index in [-0.39, 0.29) is 12.5 Å². The van der Waals surface area contributed by atoms with Crippen LogP contribution in [-0.4, -0.2) is 65.0 Å². The minimum atomic E-state index is -0.674. The number of methoxy groups -OCH3 is 1. The molecule has 0 bridgehead atoms. The number of hydrogen-bond donors (Lipinski definition) is 1.